The fraction of sp³-hybridized carbons (Fsp3) is 0.429. The van der Waals surface area contributed by atoms with Crippen molar-refractivity contribution in [3.8, 4) is 0 Å². The number of rotatable bonds is 5. The first kappa shape index (κ1) is 11.7. The highest BCUT2D eigenvalue weighted by molar-refractivity contribution is 7.89. The summed E-state index contributed by atoms with van der Waals surface area (Å²) in [5.74, 6) is -0.0580. The SMILES string of the molecule is CC(CC(=N)N)NS(=O)(=O)c1cn[nH]c1. The molecule has 1 atom stereocenters. The van der Waals surface area contributed by atoms with Gasteiger partial charge in [-0.1, -0.05) is 0 Å². The average Bonchev–Trinajstić information content (AvgIpc) is 2.51. The van der Waals surface area contributed by atoms with E-state index < -0.39 is 16.1 Å². The first-order chi connectivity index (χ1) is 6.92. The summed E-state index contributed by atoms with van der Waals surface area (Å²) >= 11 is 0. The second-order valence-corrected chi connectivity index (χ2v) is 4.90. The second kappa shape index (κ2) is 4.41. The maximum atomic E-state index is 11.6. The van der Waals surface area contributed by atoms with Crippen LogP contribution in [0.2, 0.25) is 0 Å². The fourth-order valence-corrected chi connectivity index (χ4v) is 2.24. The Morgan fingerprint density at radius 2 is 2.47 bits per heavy atom. The summed E-state index contributed by atoms with van der Waals surface area (Å²) in [6.45, 7) is 1.64. The van der Waals surface area contributed by atoms with Crippen LogP contribution in [0, 0.1) is 5.41 Å². The van der Waals surface area contributed by atoms with Crippen LogP contribution in [-0.4, -0.2) is 30.5 Å². The average molecular weight is 231 g/mol. The minimum atomic E-state index is -3.56. The molecule has 0 aromatic carbocycles. The number of nitrogens with one attached hydrogen (secondary N) is 3. The van der Waals surface area contributed by atoms with Gasteiger partial charge < -0.3 is 5.73 Å². The number of hydrogen-bond donors (Lipinski definition) is 4. The fourth-order valence-electron chi connectivity index (χ4n) is 1.09. The molecule has 0 saturated heterocycles. The third-order valence-corrected chi connectivity index (χ3v) is 3.22. The van der Waals surface area contributed by atoms with Crippen LogP contribution in [0.5, 0.6) is 0 Å². The highest BCUT2D eigenvalue weighted by Gasteiger charge is 2.18. The molecule has 0 amide bonds. The molecule has 1 aromatic heterocycles. The molecule has 0 bridgehead atoms. The number of aromatic nitrogens is 2. The highest BCUT2D eigenvalue weighted by Crippen LogP contribution is 2.06. The van der Waals surface area contributed by atoms with E-state index >= 15 is 0 Å². The van der Waals surface area contributed by atoms with E-state index in [2.05, 4.69) is 14.9 Å². The smallest absolute Gasteiger partial charge is 0.243 e. The zero-order chi connectivity index (χ0) is 11.5. The van der Waals surface area contributed by atoms with Crippen LogP contribution < -0.4 is 10.5 Å². The van der Waals surface area contributed by atoms with Gasteiger partial charge >= 0.3 is 0 Å². The molecular formula is C7H13N5O2S. The molecule has 1 rings (SSSR count). The first-order valence-electron chi connectivity index (χ1n) is 4.26. The van der Waals surface area contributed by atoms with E-state index in [-0.39, 0.29) is 17.2 Å². The van der Waals surface area contributed by atoms with Crippen LogP contribution in [0.1, 0.15) is 13.3 Å². The van der Waals surface area contributed by atoms with E-state index in [0.717, 1.165) is 0 Å². The lowest BCUT2D eigenvalue weighted by Gasteiger charge is -2.11. The topological polar surface area (TPSA) is 125 Å². The van der Waals surface area contributed by atoms with Gasteiger partial charge in [0.2, 0.25) is 10.0 Å². The van der Waals surface area contributed by atoms with E-state index in [1.54, 1.807) is 6.92 Å². The largest absolute Gasteiger partial charge is 0.388 e. The summed E-state index contributed by atoms with van der Waals surface area (Å²) in [7, 11) is -3.56. The molecule has 8 heteroatoms. The van der Waals surface area contributed by atoms with E-state index in [1.807, 2.05) is 0 Å². The van der Waals surface area contributed by atoms with E-state index in [9.17, 15) is 8.42 Å². The van der Waals surface area contributed by atoms with Gasteiger partial charge in [-0.25, -0.2) is 13.1 Å². The Labute approximate surface area is 87.6 Å². The maximum absolute atomic E-state index is 11.6. The number of nitrogens with zero attached hydrogens (tertiary/aromatic N) is 1. The molecule has 1 unspecified atom stereocenters. The lowest BCUT2D eigenvalue weighted by molar-refractivity contribution is 0.564. The van der Waals surface area contributed by atoms with Gasteiger partial charge in [-0.05, 0) is 6.92 Å². The molecule has 5 N–H and O–H groups in total. The van der Waals surface area contributed by atoms with E-state index in [1.165, 1.54) is 12.4 Å². The molecule has 0 spiro atoms. The van der Waals surface area contributed by atoms with Crippen molar-refractivity contribution in [3.63, 3.8) is 0 Å². The van der Waals surface area contributed by atoms with Crippen LogP contribution in [0.4, 0.5) is 0 Å². The van der Waals surface area contributed by atoms with E-state index in [0.29, 0.717) is 0 Å². The number of H-pyrrole nitrogens is 1. The molecule has 7 nitrogen and oxygen atoms in total. The normalized spacial score (nSPS) is 13.7. The Kier molecular flexibility index (Phi) is 3.43. The Hall–Kier alpha value is -1.41. The summed E-state index contributed by atoms with van der Waals surface area (Å²) in [6.07, 6.45) is 2.67. The summed E-state index contributed by atoms with van der Waals surface area (Å²) in [4.78, 5) is 0.0675. The minimum Gasteiger partial charge on any atom is -0.388 e. The van der Waals surface area contributed by atoms with Crippen LogP contribution in [-0.2, 0) is 10.0 Å². The highest BCUT2D eigenvalue weighted by atomic mass is 32.2. The van der Waals surface area contributed by atoms with Crippen molar-refractivity contribution in [1.82, 2.24) is 14.9 Å². The Morgan fingerprint density at radius 1 is 1.80 bits per heavy atom. The molecule has 1 aromatic rings. The molecule has 0 aliphatic heterocycles. The minimum absolute atomic E-state index is 0.0580. The predicted molar refractivity (Wildman–Crippen MR) is 54.9 cm³/mol. The predicted octanol–water partition coefficient (Wildman–Crippen LogP) is -0.597. The molecule has 1 heterocycles. The van der Waals surface area contributed by atoms with Crippen LogP contribution in [0.25, 0.3) is 0 Å². The van der Waals surface area contributed by atoms with Crippen LogP contribution in [0.15, 0.2) is 17.3 Å². The van der Waals surface area contributed by atoms with Crippen molar-refractivity contribution in [2.45, 2.75) is 24.3 Å². The Bertz CT molecular complexity index is 424. The van der Waals surface area contributed by atoms with Crippen molar-refractivity contribution in [1.29, 1.82) is 5.41 Å². The number of aromatic amines is 1. The van der Waals surface area contributed by atoms with Crippen molar-refractivity contribution in [2.75, 3.05) is 0 Å². The number of sulfonamides is 1. The van der Waals surface area contributed by atoms with Gasteiger partial charge in [0, 0.05) is 18.7 Å². The van der Waals surface area contributed by atoms with Gasteiger partial charge in [-0.2, -0.15) is 5.10 Å². The summed E-state index contributed by atoms with van der Waals surface area (Å²) in [5, 5.41) is 13.0. The van der Waals surface area contributed by atoms with Crippen LogP contribution in [0.3, 0.4) is 0 Å². The van der Waals surface area contributed by atoms with Crippen molar-refractivity contribution < 1.29 is 8.42 Å². The lowest BCUT2D eigenvalue weighted by Crippen LogP contribution is -2.35. The first-order valence-corrected chi connectivity index (χ1v) is 5.74. The standard InChI is InChI=1S/C7H13N5O2S/c1-5(2-7(8)9)12-15(13,14)6-3-10-11-4-6/h3-5,12H,2H2,1H3,(H3,8,9)(H,10,11). The second-order valence-electron chi connectivity index (χ2n) is 3.19. The zero-order valence-corrected chi connectivity index (χ0v) is 9.00. The van der Waals surface area contributed by atoms with Crippen LogP contribution >= 0.6 is 0 Å². The summed E-state index contributed by atoms with van der Waals surface area (Å²) in [5.41, 5.74) is 5.16. The van der Waals surface area contributed by atoms with Crippen molar-refractivity contribution >= 4 is 15.9 Å². The van der Waals surface area contributed by atoms with Gasteiger partial charge in [-0.3, -0.25) is 10.5 Å². The molecular weight excluding hydrogens is 218 g/mol. The number of nitrogens with two attached hydrogens (primary N) is 1. The summed E-state index contributed by atoms with van der Waals surface area (Å²) in [6, 6.07) is -0.414. The number of amidine groups is 1. The zero-order valence-electron chi connectivity index (χ0n) is 8.19. The monoisotopic (exact) mass is 231 g/mol. The lowest BCUT2D eigenvalue weighted by atomic mass is 10.2. The molecule has 0 aliphatic rings. The van der Waals surface area contributed by atoms with E-state index in [4.69, 9.17) is 11.1 Å². The Balaban J connectivity index is 2.69. The third kappa shape index (κ3) is 3.33. The molecule has 84 valence electrons. The molecule has 0 saturated carbocycles. The number of hydrogen-bond acceptors (Lipinski definition) is 4. The van der Waals surface area contributed by atoms with Gasteiger partial charge in [0.15, 0.2) is 0 Å². The molecule has 15 heavy (non-hydrogen) atoms. The van der Waals surface area contributed by atoms with Crippen molar-refractivity contribution in [2.24, 2.45) is 5.73 Å². The van der Waals surface area contributed by atoms with Crippen molar-refractivity contribution in [3.05, 3.63) is 12.4 Å². The molecule has 0 aliphatic carbocycles. The van der Waals surface area contributed by atoms with Gasteiger partial charge in [0.1, 0.15) is 4.90 Å². The summed E-state index contributed by atoms with van der Waals surface area (Å²) < 4.78 is 25.6. The quantitative estimate of drug-likeness (QED) is 0.399. The van der Waals surface area contributed by atoms with Gasteiger partial charge in [0.25, 0.3) is 0 Å². The Morgan fingerprint density at radius 3 is 2.93 bits per heavy atom. The van der Waals surface area contributed by atoms with Gasteiger partial charge in [0.05, 0.1) is 12.0 Å². The third-order valence-electron chi connectivity index (χ3n) is 1.67. The molecule has 0 fully saturated rings. The molecule has 0 radical (unpaired) electrons. The maximum Gasteiger partial charge on any atom is 0.243 e. The van der Waals surface area contributed by atoms with Gasteiger partial charge in [-0.15, -0.1) is 0 Å².